The summed E-state index contributed by atoms with van der Waals surface area (Å²) in [6.45, 7) is 3.30. The number of benzene rings is 2. The summed E-state index contributed by atoms with van der Waals surface area (Å²) in [6, 6.07) is 20.3. The summed E-state index contributed by atoms with van der Waals surface area (Å²) in [5.74, 6) is 0. The van der Waals surface area contributed by atoms with Gasteiger partial charge in [-0.3, -0.25) is 10.2 Å². The van der Waals surface area contributed by atoms with Gasteiger partial charge in [0.15, 0.2) is 0 Å². The molecule has 204 valence electrons. The number of nitrogens with one attached hydrogen (secondary N) is 4. The lowest BCUT2D eigenvalue weighted by Gasteiger charge is -2.26. The maximum atomic E-state index is 11.7. The van der Waals surface area contributed by atoms with Gasteiger partial charge < -0.3 is 21.3 Å². The third-order valence-corrected chi connectivity index (χ3v) is 6.34. The van der Waals surface area contributed by atoms with Crippen molar-refractivity contribution in [1.29, 1.82) is 0 Å². The number of urea groups is 1. The van der Waals surface area contributed by atoms with Crippen LogP contribution in [-0.4, -0.2) is 58.5 Å². The van der Waals surface area contributed by atoms with Crippen molar-refractivity contribution in [3.05, 3.63) is 83.2 Å². The van der Waals surface area contributed by atoms with E-state index in [4.69, 9.17) is 0 Å². The number of hydrogen-bond acceptors (Lipinski definition) is 5. The number of fused-ring (bicyclic) bond motifs is 2. The van der Waals surface area contributed by atoms with E-state index < -0.39 is 0 Å². The molecule has 4 heterocycles. The summed E-state index contributed by atoms with van der Waals surface area (Å²) < 4.78 is 0. The summed E-state index contributed by atoms with van der Waals surface area (Å²) in [5, 5.41) is 21.1. The largest absolute Gasteiger partial charge is 0.341 e. The van der Waals surface area contributed by atoms with Gasteiger partial charge in [-0.15, -0.1) is 12.4 Å². The second-order valence-corrected chi connectivity index (χ2v) is 8.44. The second-order valence-electron chi connectivity index (χ2n) is 8.44. The highest BCUT2D eigenvalue weighted by Crippen LogP contribution is 2.28. The van der Waals surface area contributed by atoms with Crippen LogP contribution >= 0.6 is 12.4 Å². The zero-order valence-electron chi connectivity index (χ0n) is 21.3. The standard InChI is InChI=1S/C14H16N4O.C12H13N3.CH5N.CH4.ClH/c1-15-14(19)18-8-7-12-11(9-18)13(17-16-12)10-5-3-2-4-6-10;1-2-4-9(5-3-1)12-10-8-13-7-6-11(10)14-15-12;1-2;;/h2-6H,7-9H2,1H3,(H,15,19)(H,16,17);1-5,13H,6-8H2,(H,14,15);2H2,1H3;1H4;1H. The molecule has 2 aliphatic heterocycles. The Morgan fingerprint density at radius 1 is 0.868 bits per heavy atom. The van der Waals surface area contributed by atoms with Crippen molar-refractivity contribution in [1.82, 2.24) is 35.9 Å². The fourth-order valence-electron chi connectivity index (χ4n) is 4.52. The molecule has 0 spiro atoms. The zero-order chi connectivity index (χ0) is 25.3. The van der Waals surface area contributed by atoms with Gasteiger partial charge in [-0.1, -0.05) is 68.1 Å². The topological polar surface area (TPSA) is 128 Å². The van der Waals surface area contributed by atoms with E-state index in [1.165, 1.54) is 23.9 Å². The highest BCUT2D eigenvalue weighted by molar-refractivity contribution is 5.85. The lowest BCUT2D eigenvalue weighted by atomic mass is 10.0. The Kier molecular flexibility index (Phi) is 12.0. The summed E-state index contributed by atoms with van der Waals surface area (Å²) in [4.78, 5) is 13.5. The molecule has 0 atom stereocenters. The van der Waals surface area contributed by atoms with Crippen LogP contribution in [-0.2, 0) is 25.9 Å². The van der Waals surface area contributed by atoms with Gasteiger partial charge in [-0.25, -0.2) is 4.79 Å². The van der Waals surface area contributed by atoms with Crippen LogP contribution in [0.3, 0.4) is 0 Å². The molecule has 2 aliphatic rings. The number of aromatic amines is 2. The van der Waals surface area contributed by atoms with E-state index in [1.807, 2.05) is 53.4 Å². The normalized spacial score (nSPS) is 13.1. The number of rotatable bonds is 2. The van der Waals surface area contributed by atoms with Crippen LogP contribution in [0.2, 0.25) is 0 Å². The van der Waals surface area contributed by atoms with E-state index >= 15 is 0 Å². The molecule has 4 aromatic rings. The highest BCUT2D eigenvalue weighted by Gasteiger charge is 2.25. The van der Waals surface area contributed by atoms with Gasteiger partial charge in [0, 0.05) is 73.2 Å². The highest BCUT2D eigenvalue weighted by atomic mass is 35.5. The van der Waals surface area contributed by atoms with Crippen molar-refractivity contribution >= 4 is 18.4 Å². The van der Waals surface area contributed by atoms with Crippen LogP contribution in [0, 0.1) is 0 Å². The number of H-pyrrole nitrogens is 2. The quantitative estimate of drug-likeness (QED) is 0.262. The molecular weight excluding hydrogens is 500 g/mol. The first kappa shape index (κ1) is 30.6. The molecule has 38 heavy (non-hydrogen) atoms. The van der Waals surface area contributed by atoms with Crippen molar-refractivity contribution < 1.29 is 4.79 Å². The molecule has 10 heteroatoms. The van der Waals surface area contributed by atoms with E-state index in [0.717, 1.165) is 60.7 Å². The smallest absolute Gasteiger partial charge is 0.317 e. The molecule has 0 saturated carbocycles. The van der Waals surface area contributed by atoms with Crippen molar-refractivity contribution in [2.75, 3.05) is 27.2 Å². The Balaban J connectivity index is 0.000000243. The molecule has 0 aliphatic carbocycles. The minimum Gasteiger partial charge on any atom is -0.341 e. The zero-order valence-corrected chi connectivity index (χ0v) is 22.1. The fraction of sp³-hybridized carbons (Fsp3) is 0.321. The minimum atomic E-state index is -0.0362. The van der Waals surface area contributed by atoms with E-state index in [1.54, 1.807) is 7.05 Å². The van der Waals surface area contributed by atoms with Crippen LogP contribution in [0.1, 0.15) is 29.9 Å². The van der Waals surface area contributed by atoms with Crippen LogP contribution in [0.4, 0.5) is 4.79 Å². The molecule has 6 rings (SSSR count). The Labute approximate surface area is 231 Å². The Hall–Kier alpha value is -3.66. The first-order valence-corrected chi connectivity index (χ1v) is 12.2. The predicted octanol–water partition coefficient (Wildman–Crippen LogP) is 4.13. The van der Waals surface area contributed by atoms with Crippen molar-refractivity contribution in [2.45, 2.75) is 33.4 Å². The third kappa shape index (κ3) is 6.80. The predicted molar refractivity (Wildman–Crippen MR) is 156 cm³/mol. The number of carbonyl (C=O) groups is 1. The lowest BCUT2D eigenvalue weighted by Crippen LogP contribution is -2.41. The number of carbonyl (C=O) groups excluding carboxylic acids is 1. The number of amides is 2. The molecule has 2 aromatic carbocycles. The number of nitrogens with two attached hydrogens (primary N) is 1. The fourth-order valence-corrected chi connectivity index (χ4v) is 4.52. The Morgan fingerprint density at radius 2 is 1.39 bits per heavy atom. The van der Waals surface area contributed by atoms with Gasteiger partial charge in [0.1, 0.15) is 0 Å². The maximum Gasteiger partial charge on any atom is 0.317 e. The molecular formula is C28H39ClN8O. The van der Waals surface area contributed by atoms with Gasteiger partial charge in [0.25, 0.3) is 0 Å². The molecule has 6 N–H and O–H groups in total. The summed E-state index contributed by atoms with van der Waals surface area (Å²) in [5.41, 5.74) is 13.7. The third-order valence-electron chi connectivity index (χ3n) is 6.34. The average Bonchev–Trinajstić information content (AvgIpc) is 3.59. The number of hydrogen-bond donors (Lipinski definition) is 5. The molecule has 2 amide bonds. The van der Waals surface area contributed by atoms with E-state index in [0.29, 0.717) is 6.54 Å². The number of halogens is 1. The monoisotopic (exact) mass is 538 g/mol. The molecule has 2 aromatic heterocycles. The Morgan fingerprint density at radius 3 is 1.95 bits per heavy atom. The molecule has 0 fully saturated rings. The molecule has 0 radical (unpaired) electrons. The molecule has 0 bridgehead atoms. The van der Waals surface area contributed by atoms with Crippen molar-refractivity contribution in [2.24, 2.45) is 5.73 Å². The first-order chi connectivity index (χ1) is 17.7. The summed E-state index contributed by atoms with van der Waals surface area (Å²) in [7, 11) is 3.16. The lowest BCUT2D eigenvalue weighted by molar-refractivity contribution is 0.194. The van der Waals surface area contributed by atoms with Crippen molar-refractivity contribution in [3.8, 4) is 22.5 Å². The molecule has 0 saturated heterocycles. The SMILES string of the molecule is C.CN.CNC(=O)N1CCc2[nH]nc(-c3ccccc3)c2C1.Cl.c1ccc(-c2n[nH]c3c2CNCC3)cc1. The van der Waals surface area contributed by atoms with Gasteiger partial charge in [0.05, 0.1) is 17.9 Å². The van der Waals surface area contributed by atoms with Crippen LogP contribution in [0.15, 0.2) is 60.7 Å². The number of aromatic nitrogens is 4. The van der Waals surface area contributed by atoms with E-state index in [2.05, 4.69) is 48.9 Å². The van der Waals surface area contributed by atoms with E-state index in [-0.39, 0.29) is 25.9 Å². The second kappa shape index (κ2) is 14.9. The maximum absolute atomic E-state index is 11.7. The van der Waals surface area contributed by atoms with Crippen LogP contribution in [0.5, 0.6) is 0 Å². The van der Waals surface area contributed by atoms with Crippen molar-refractivity contribution in [3.63, 3.8) is 0 Å². The Bertz CT molecular complexity index is 1260. The molecule has 0 unspecified atom stereocenters. The summed E-state index contributed by atoms with van der Waals surface area (Å²) >= 11 is 0. The van der Waals surface area contributed by atoms with Gasteiger partial charge in [0.2, 0.25) is 0 Å². The average molecular weight is 539 g/mol. The molecule has 9 nitrogen and oxygen atoms in total. The van der Waals surface area contributed by atoms with Gasteiger partial charge in [-0.2, -0.15) is 10.2 Å². The first-order valence-electron chi connectivity index (χ1n) is 12.2. The minimum absolute atomic E-state index is 0. The van der Waals surface area contributed by atoms with Gasteiger partial charge >= 0.3 is 6.03 Å². The van der Waals surface area contributed by atoms with Crippen LogP contribution < -0.4 is 16.4 Å². The van der Waals surface area contributed by atoms with Crippen LogP contribution in [0.25, 0.3) is 22.5 Å². The van der Waals surface area contributed by atoms with Gasteiger partial charge in [-0.05, 0) is 7.05 Å². The van der Waals surface area contributed by atoms with E-state index in [9.17, 15) is 4.79 Å². The number of nitrogens with zero attached hydrogens (tertiary/aromatic N) is 3. The summed E-state index contributed by atoms with van der Waals surface area (Å²) in [6.07, 6.45) is 1.87.